The van der Waals surface area contributed by atoms with E-state index in [1.54, 1.807) is 12.1 Å². The molecule has 0 saturated heterocycles. The second-order valence-electron chi connectivity index (χ2n) is 5.36. The number of aromatic nitrogens is 1. The van der Waals surface area contributed by atoms with Crippen LogP contribution >= 0.6 is 0 Å². The van der Waals surface area contributed by atoms with Gasteiger partial charge in [0.25, 0.3) is 0 Å². The smallest absolute Gasteiger partial charge is 0.391 e. The maximum atomic E-state index is 12.6. The average Bonchev–Trinajstić information content (AvgIpc) is 2.92. The first kappa shape index (κ1) is 15.9. The number of carbonyl (C=O) groups is 1. The molecule has 1 aromatic heterocycles. The summed E-state index contributed by atoms with van der Waals surface area (Å²) in [5, 5.41) is 3.23. The lowest BCUT2D eigenvalue weighted by molar-refractivity contribution is -0.182. The summed E-state index contributed by atoms with van der Waals surface area (Å²) in [6, 6.07) is 3.48. The van der Waals surface area contributed by atoms with Crippen LogP contribution < -0.4 is 5.32 Å². The Kier molecular flexibility index (Phi) is 4.92. The van der Waals surface area contributed by atoms with Crippen LogP contribution in [0, 0.1) is 5.92 Å². The van der Waals surface area contributed by atoms with Crippen LogP contribution in [0.1, 0.15) is 41.9 Å². The molecule has 0 spiro atoms. The second kappa shape index (κ2) is 6.51. The normalized spacial score (nSPS) is 23.0. The van der Waals surface area contributed by atoms with Gasteiger partial charge in [-0.3, -0.25) is 0 Å². The van der Waals surface area contributed by atoms with Gasteiger partial charge in [-0.15, -0.1) is 0 Å². The van der Waals surface area contributed by atoms with Crippen LogP contribution in [-0.2, 0) is 11.3 Å². The first-order valence-electron chi connectivity index (χ1n) is 6.96. The molecule has 4 nitrogen and oxygen atoms in total. The molecule has 1 aromatic rings. The fraction of sp³-hybridized carbons (Fsp3) is 0.643. The van der Waals surface area contributed by atoms with Crippen LogP contribution in [-0.4, -0.2) is 30.3 Å². The first-order valence-corrected chi connectivity index (χ1v) is 6.96. The highest BCUT2D eigenvalue weighted by molar-refractivity contribution is 5.87. The number of hydrogen-bond donors (Lipinski definition) is 2. The number of nitrogens with one attached hydrogen (secondary N) is 2. The summed E-state index contributed by atoms with van der Waals surface area (Å²) in [6.45, 7) is 0.498. The Labute approximate surface area is 121 Å². The van der Waals surface area contributed by atoms with Crippen LogP contribution in [0.25, 0.3) is 0 Å². The highest BCUT2D eigenvalue weighted by Gasteiger charge is 2.41. The Hall–Kier alpha value is -1.50. The van der Waals surface area contributed by atoms with Gasteiger partial charge in [-0.2, -0.15) is 13.2 Å². The van der Waals surface area contributed by atoms with Crippen molar-refractivity contribution in [3.8, 4) is 0 Å². The monoisotopic (exact) mass is 304 g/mol. The number of ether oxygens (including phenoxy) is 1. The zero-order valence-corrected chi connectivity index (χ0v) is 11.8. The summed E-state index contributed by atoms with van der Waals surface area (Å²) < 4.78 is 42.3. The summed E-state index contributed by atoms with van der Waals surface area (Å²) in [6.07, 6.45) is -2.66. The molecule has 1 aliphatic rings. The molecule has 1 saturated carbocycles. The summed E-state index contributed by atoms with van der Waals surface area (Å²) in [4.78, 5) is 14.2. The van der Waals surface area contributed by atoms with Gasteiger partial charge in [-0.05, 0) is 37.8 Å². The lowest BCUT2D eigenvalue weighted by atomic mass is 9.85. The second-order valence-corrected chi connectivity index (χ2v) is 5.36. The molecule has 0 atom stereocenters. The van der Waals surface area contributed by atoms with Crippen molar-refractivity contribution in [2.75, 3.05) is 7.11 Å². The Morgan fingerprint density at radius 2 is 2.00 bits per heavy atom. The van der Waals surface area contributed by atoms with Gasteiger partial charge >= 0.3 is 12.1 Å². The van der Waals surface area contributed by atoms with Crippen molar-refractivity contribution in [3.05, 3.63) is 23.5 Å². The van der Waals surface area contributed by atoms with E-state index in [1.165, 1.54) is 7.11 Å². The Bertz CT molecular complexity index is 477. The van der Waals surface area contributed by atoms with Crippen molar-refractivity contribution in [1.29, 1.82) is 0 Å². The van der Waals surface area contributed by atoms with E-state index in [2.05, 4.69) is 15.0 Å². The van der Waals surface area contributed by atoms with Crippen molar-refractivity contribution >= 4 is 5.97 Å². The summed E-state index contributed by atoms with van der Waals surface area (Å²) >= 11 is 0. The number of alkyl halides is 3. The summed E-state index contributed by atoms with van der Waals surface area (Å²) in [7, 11) is 1.31. The molecule has 0 aliphatic heterocycles. The first-order chi connectivity index (χ1) is 9.90. The molecule has 1 aliphatic carbocycles. The zero-order valence-electron chi connectivity index (χ0n) is 11.8. The zero-order chi connectivity index (χ0) is 15.5. The predicted octanol–water partition coefficient (Wildman–Crippen LogP) is 3.01. The minimum Gasteiger partial charge on any atom is -0.464 e. The lowest BCUT2D eigenvalue weighted by Gasteiger charge is -2.30. The average molecular weight is 304 g/mol. The number of methoxy groups -OCH3 is 1. The molecule has 1 fully saturated rings. The van der Waals surface area contributed by atoms with Crippen molar-refractivity contribution < 1.29 is 22.7 Å². The van der Waals surface area contributed by atoms with Gasteiger partial charge in [0.2, 0.25) is 0 Å². The minimum absolute atomic E-state index is 0.0912. The Morgan fingerprint density at radius 3 is 2.57 bits per heavy atom. The number of halogens is 3. The number of aromatic amines is 1. The van der Waals surface area contributed by atoms with E-state index in [0.29, 0.717) is 25.1 Å². The third-order valence-electron chi connectivity index (χ3n) is 3.92. The number of esters is 1. The van der Waals surface area contributed by atoms with E-state index in [4.69, 9.17) is 0 Å². The van der Waals surface area contributed by atoms with E-state index in [0.717, 1.165) is 5.69 Å². The number of carbonyl (C=O) groups excluding carboxylic acids is 1. The topological polar surface area (TPSA) is 54.1 Å². The number of rotatable bonds is 4. The van der Waals surface area contributed by atoms with Gasteiger partial charge in [-0.25, -0.2) is 4.79 Å². The molecule has 118 valence electrons. The Morgan fingerprint density at radius 1 is 1.33 bits per heavy atom. The molecule has 0 radical (unpaired) electrons. The molecule has 1 heterocycles. The van der Waals surface area contributed by atoms with Crippen LogP contribution in [0.2, 0.25) is 0 Å². The van der Waals surface area contributed by atoms with Gasteiger partial charge in [0.1, 0.15) is 5.69 Å². The van der Waals surface area contributed by atoms with Crippen LogP contribution in [0.4, 0.5) is 13.2 Å². The standard InChI is InChI=1S/C14H19F3N2O2/c1-21-13(20)12-7-6-11(19-12)8-18-10-4-2-9(3-5-10)14(15,16)17/h6-7,9-10,18-19H,2-5,8H2,1H3. The van der Waals surface area contributed by atoms with E-state index >= 15 is 0 Å². The molecule has 2 N–H and O–H groups in total. The van der Waals surface area contributed by atoms with Gasteiger partial charge in [0.05, 0.1) is 13.0 Å². The lowest BCUT2D eigenvalue weighted by Crippen LogP contribution is -2.36. The fourth-order valence-corrected chi connectivity index (χ4v) is 2.65. The van der Waals surface area contributed by atoms with Crippen molar-refractivity contribution in [3.63, 3.8) is 0 Å². The quantitative estimate of drug-likeness (QED) is 0.841. The molecule has 0 unspecified atom stereocenters. The largest absolute Gasteiger partial charge is 0.464 e. The Balaban J connectivity index is 1.77. The highest BCUT2D eigenvalue weighted by Crippen LogP contribution is 2.37. The maximum absolute atomic E-state index is 12.6. The van der Waals surface area contributed by atoms with E-state index in [-0.39, 0.29) is 18.9 Å². The number of H-pyrrole nitrogens is 1. The van der Waals surface area contributed by atoms with Crippen molar-refractivity contribution in [1.82, 2.24) is 10.3 Å². The minimum atomic E-state index is -4.07. The summed E-state index contributed by atoms with van der Waals surface area (Å²) in [5.41, 5.74) is 1.18. The molecule has 0 aromatic carbocycles. The van der Waals surface area contributed by atoms with Crippen LogP contribution in [0.3, 0.4) is 0 Å². The molecule has 7 heteroatoms. The van der Waals surface area contributed by atoms with Gasteiger partial charge < -0.3 is 15.0 Å². The van der Waals surface area contributed by atoms with Gasteiger partial charge in [0.15, 0.2) is 0 Å². The van der Waals surface area contributed by atoms with Crippen molar-refractivity contribution in [2.24, 2.45) is 5.92 Å². The maximum Gasteiger partial charge on any atom is 0.391 e. The molecular formula is C14H19F3N2O2. The van der Waals surface area contributed by atoms with E-state index < -0.39 is 18.1 Å². The van der Waals surface area contributed by atoms with E-state index in [1.807, 2.05) is 0 Å². The predicted molar refractivity (Wildman–Crippen MR) is 70.8 cm³/mol. The SMILES string of the molecule is COC(=O)c1ccc(CNC2CCC(C(F)(F)F)CC2)[nH]1. The van der Waals surface area contributed by atoms with E-state index in [9.17, 15) is 18.0 Å². The molecule has 0 bridgehead atoms. The van der Waals surface area contributed by atoms with Crippen molar-refractivity contribution in [2.45, 2.75) is 44.4 Å². The van der Waals surface area contributed by atoms with Gasteiger partial charge in [-0.1, -0.05) is 0 Å². The van der Waals surface area contributed by atoms with Gasteiger partial charge in [0, 0.05) is 18.3 Å². The molecule has 0 amide bonds. The van der Waals surface area contributed by atoms with Crippen LogP contribution in [0.15, 0.2) is 12.1 Å². The number of hydrogen-bond acceptors (Lipinski definition) is 3. The fourth-order valence-electron chi connectivity index (χ4n) is 2.65. The third kappa shape index (κ3) is 4.23. The van der Waals surface area contributed by atoms with Crippen LogP contribution in [0.5, 0.6) is 0 Å². The highest BCUT2D eigenvalue weighted by atomic mass is 19.4. The molecule has 21 heavy (non-hydrogen) atoms. The molecule has 2 rings (SSSR count). The summed E-state index contributed by atoms with van der Waals surface area (Å²) in [5.74, 6) is -1.60. The molecular weight excluding hydrogens is 285 g/mol. The third-order valence-corrected chi connectivity index (χ3v) is 3.92.